The maximum Gasteiger partial charge on any atom is 0.276 e. The van der Waals surface area contributed by atoms with Gasteiger partial charge < -0.3 is 4.74 Å². The molecule has 0 unspecified atom stereocenters. The van der Waals surface area contributed by atoms with Gasteiger partial charge in [-0.25, -0.2) is 0 Å². The molecule has 2 aromatic rings. The van der Waals surface area contributed by atoms with Gasteiger partial charge in [-0.2, -0.15) is 0 Å². The van der Waals surface area contributed by atoms with Gasteiger partial charge in [0.1, 0.15) is 0 Å². The van der Waals surface area contributed by atoms with E-state index in [0.29, 0.717) is 16.6 Å². The third-order valence-corrected chi connectivity index (χ3v) is 3.39. The molecule has 2 rings (SSSR count). The molecule has 0 spiro atoms. The minimum absolute atomic E-state index is 0.0717. The highest BCUT2D eigenvalue weighted by atomic mass is 79.9. The van der Waals surface area contributed by atoms with Gasteiger partial charge in [0.15, 0.2) is 0 Å². The Morgan fingerprint density at radius 1 is 1.05 bits per heavy atom. The Kier molecular flexibility index (Phi) is 4.65. The lowest BCUT2D eigenvalue weighted by molar-refractivity contribution is -0.386. The lowest BCUT2D eigenvalue weighted by Gasteiger charge is -2.07. The highest BCUT2D eigenvalue weighted by molar-refractivity contribution is 9.10. The molecule has 0 aliphatic rings. The molecule has 0 aromatic heterocycles. The summed E-state index contributed by atoms with van der Waals surface area (Å²) in [5, 5.41) is 10.9. The van der Waals surface area contributed by atoms with E-state index in [2.05, 4.69) is 15.9 Å². The van der Waals surface area contributed by atoms with E-state index in [0.717, 1.165) is 5.56 Å². The lowest BCUT2D eigenvalue weighted by atomic mass is 10.2. The molecule has 5 heteroatoms. The Labute approximate surface area is 119 Å². The molecule has 2 aromatic carbocycles. The molecular weight excluding hydrogens is 310 g/mol. The van der Waals surface area contributed by atoms with Crippen molar-refractivity contribution in [2.24, 2.45) is 0 Å². The predicted molar refractivity (Wildman–Crippen MR) is 75.7 cm³/mol. The fourth-order valence-corrected chi connectivity index (χ4v) is 2.18. The molecule has 0 saturated heterocycles. The molecule has 0 N–H and O–H groups in total. The summed E-state index contributed by atoms with van der Waals surface area (Å²) in [5.41, 5.74) is 1.67. The van der Waals surface area contributed by atoms with E-state index in [1.165, 1.54) is 6.07 Å². The zero-order chi connectivity index (χ0) is 13.7. The van der Waals surface area contributed by atoms with E-state index in [9.17, 15) is 10.1 Å². The molecule has 0 bridgehead atoms. The highest BCUT2D eigenvalue weighted by Gasteiger charge is 2.16. The first kappa shape index (κ1) is 13.7. The van der Waals surface area contributed by atoms with Crippen LogP contribution in [0.5, 0.6) is 0 Å². The van der Waals surface area contributed by atoms with E-state index in [1.54, 1.807) is 12.1 Å². The summed E-state index contributed by atoms with van der Waals surface area (Å²) in [6.07, 6.45) is 0. The smallest absolute Gasteiger partial charge is 0.276 e. The van der Waals surface area contributed by atoms with Crippen LogP contribution in [0.4, 0.5) is 5.69 Å². The van der Waals surface area contributed by atoms with Crippen LogP contribution in [0.15, 0.2) is 53.0 Å². The Morgan fingerprint density at radius 2 is 1.79 bits per heavy atom. The summed E-state index contributed by atoms with van der Waals surface area (Å²) in [6.45, 7) is 0.631. The zero-order valence-electron chi connectivity index (χ0n) is 10.1. The first-order valence-corrected chi connectivity index (χ1v) is 6.51. The molecule has 0 radical (unpaired) electrons. The number of nitro groups is 1. The summed E-state index contributed by atoms with van der Waals surface area (Å²) in [4.78, 5) is 10.5. The molecule has 0 fully saturated rings. The maximum atomic E-state index is 10.9. The molecular formula is C14H12BrNO3. The summed E-state index contributed by atoms with van der Waals surface area (Å²) < 4.78 is 6.23. The Bertz CT molecular complexity index is 572. The maximum absolute atomic E-state index is 10.9. The van der Waals surface area contributed by atoms with E-state index in [1.807, 2.05) is 30.3 Å². The zero-order valence-corrected chi connectivity index (χ0v) is 11.7. The largest absolute Gasteiger partial charge is 0.372 e. The van der Waals surface area contributed by atoms with Gasteiger partial charge in [-0.05, 0) is 11.6 Å². The summed E-state index contributed by atoms with van der Waals surface area (Å²) in [5.74, 6) is 0. The van der Waals surface area contributed by atoms with Gasteiger partial charge in [0.25, 0.3) is 5.69 Å². The number of nitrogens with zero attached hydrogens (tertiary/aromatic N) is 1. The van der Waals surface area contributed by atoms with Crippen LogP contribution in [0, 0.1) is 10.1 Å². The molecule has 19 heavy (non-hydrogen) atoms. The van der Waals surface area contributed by atoms with Crippen LogP contribution in [0.25, 0.3) is 0 Å². The van der Waals surface area contributed by atoms with E-state index >= 15 is 0 Å². The number of halogens is 1. The first-order chi connectivity index (χ1) is 9.18. The molecule has 0 amide bonds. The fourth-order valence-electron chi connectivity index (χ4n) is 1.71. The van der Waals surface area contributed by atoms with Crippen LogP contribution in [0.2, 0.25) is 0 Å². The van der Waals surface area contributed by atoms with Crippen molar-refractivity contribution in [1.29, 1.82) is 0 Å². The van der Waals surface area contributed by atoms with Crippen LogP contribution < -0.4 is 0 Å². The molecule has 0 aliphatic heterocycles. The topological polar surface area (TPSA) is 52.4 Å². The van der Waals surface area contributed by atoms with Gasteiger partial charge in [-0.15, -0.1) is 0 Å². The van der Waals surface area contributed by atoms with Gasteiger partial charge in [-0.3, -0.25) is 10.1 Å². The SMILES string of the molecule is O=[N+]([O-])c1cccc(Br)c1COCc1ccccc1. The molecule has 98 valence electrons. The van der Waals surface area contributed by atoms with E-state index in [4.69, 9.17) is 4.74 Å². The van der Waals surface area contributed by atoms with Crippen molar-refractivity contribution in [3.05, 3.63) is 74.2 Å². The summed E-state index contributed by atoms with van der Waals surface area (Å²) in [6, 6.07) is 14.6. The van der Waals surface area contributed by atoms with Crippen molar-refractivity contribution in [2.45, 2.75) is 13.2 Å². The van der Waals surface area contributed by atoms with Crippen molar-refractivity contribution in [1.82, 2.24) is 0 Å². The second-order valence-electron chi connectivity index (χ2n) is 3.97. The second kappa shape index (κ2) is 6.45. The monoisotopic (exact) mass is 321 g/mol. The fraction of sp³-hybridized carbons (Fsp3) is 0.143. The van der Waals surface area contributed by atoms with Gasteiger partial charge in [0, 0.05) is 10.5 Å². The third kappa shape index (κ3) is 3.62. The molecule has 4 nitrogen and oxygen atoms in total. The van der Waals surface area contributed by atoms with Crippen LogP contribution in [-0.2, 0) is 18.0 Å². The lowest BCUT2D eigenvalue weighted by Crippen LogP contribution is -2.00. The number of hydrogen-bond acceptors (Lipinski definition) is 3. The minimum Gasteiger partial charge on any atom is -0.372 e. The van der Waals surface area contributed by atoms with Crippen molar-refractivity contribution < 1.29 is 9.66 Å². The first-order valence-electron chi connectivity index (χ1n) is 5.72. The molecule has 0 saturated carbocycles. The normalized spacial score (nSPS) is 10.4. The van der Waals surface area contributed by atoms with E-state index < -0.39 is 4.92 Å². The standard InChI is InChI=1S/C14H12BrNO3/c15-13-7-4-8-14(16(17)18)12(13)10-19-9-11-5-2-1-3-6-11/h1-8H,9-10H2. The van der Waals surface area contributed by atoms with E-state index in [-0.39, 0.29) is 12.3 Å². The predicted octanol–water partition coefficient (Wildman–Crippen LogP) is 4.07. The van der Waals surface area contributed by atoms with Crippen LogP contribution in [0.1, 0.15) is 11.1 Å². The van der Waals surface area contributed by atoms with Crippen molar-refractivity contribution in [3.8, 4) is 0 Å². The highest BCUT2D eigenvalue weighted by Crippen LogP contribution is 2.27. The van der Waals surface area contributed by atoms with Crippen molar-refractivity contribution in [2.75, 3.05) is 0 Å². The molecule has 0 heterocycles. The van der Waals surface area contributed by atoms with Crippen molar-refractivity contribution >= 4 is 21.6 Å². The van der Waals surface area contributed by atoms with Crippen LogP contribution in [-0.4, -0.2) is 4.92 Å². The van der Waals surface area contributed by atoms with Gasteiger partial charge in [-0.1, -0.05) is 52.3 Å². The average molecular weight is 322 g/mol. The number of ether oxygens (including phenoxy) is 1. The van der Waals surface area contributed by atoms with Crippen molar-refractivity contribution in [3.63, 3.8) is 0 Å². The number of hydrogen-bond donors (Lipinski definition) is 0. The molecule has 0 aliphatic carbocycles. The Balaban J connectivity index is 2.05. The number of rotatable bonds is 5. The number of benzene rings is 2. The molecule has 0 atom stereocenters. The van der Waals surface area contributed by atoms with Crippen LogP contribution in [0.3, 0.4) is 0 Å². The number of nitro benzene ring substituents is 1. The summed E-state index contributed by atoms with van der Waals surface area (Å²) >= 11 is 3.32. The van der Waals surface area contributed by atoms with Gasteiger partial charge >= 0.3 is 0 Å². The summed E-state index contributed by atoms with van der Waals surface area (Å²) in [7, 11) is 0. The Morgan fingerprint density at radius 3 is 2.47 bits per heavy atom. The average Bonchev–Trinajstić information content (AvgIpc) is 2.41. The van der Waals surface area contributed by atoms with Crippen LogP contribution >= 0.6 is 15.9 Å². The quantitative estimate of drug-likeness (QED) is 0.616. The Hall–Kier alpha value is -1.72. The third-order valence-electron chi connectivity index (χ3n) is 2.65. The second-order valence-corrected chi connectivity index (χ2v) is 4.83. The van der Waals surface area contributed by atoms with Gasteiger partial charge in [0.2, 0.25) is 0 Å². The minimum atomic E-state index is -0.397. The van der Waals surface area contributed by atoms with Gasteiger partial charge in [0.05, 0.1) is 23.7 Å².